The van der Waals surface area contributed by atoms with Crippen LogP contribution >= 0.6 is 11.6 Å². The van der Waals surface area contributed by atoms with Crippen LogP contribution in [0.2, 0.25) is 5.28 Å². The summed E-state index contributed by atoms with van der Waals surface area (Å²) in [5.41, 5.74) is 0.998. The van der Waals surface area contributed by atoms with Crippen LogP contribution in [0.4, 0.5) is 5.82 Å². The van der Waals surface area contributed by atoms with Crippen molar-refractivity contribution in [1.82, 2.24) is 9.97 Å². The zero-order valence-corrected chi connectivity index (χ0v) is 9.42. The van der Waals surface area contributed by atoms with Crippen LogP contribution in [-0.2, 0) is 4.74 Å². The van der Waals surface area contributed by atoms with Gasteiger partial charge in [0.1, 0.15) is 5.82 Å². The molecule has 1 aliphatic heterocycles. The lowest BCUT2D eigenvalue weighted by molar-refractivity contribution is 0.120. The van der Waals surface area contributed by atoms with Gasteiger partial charge < -0.3 is 10.1 Å². The number of aromatic nitrogens is 2. The zero-order chi connectivity index (χ0) is 10.7. The molecule has 15 heavy (non-hydrogen) atoms. The predicted octanol–water partition coefficient (Wildman–Crippen LogP) is 2.03. The number of nitrogens with one attached hydrogen (secondary N) is 1. The summed E-state index contributed by atoms with van der Waals surface area (Å²) in [6.45, 7) is 3.61. The van der Waals surface area contributed by atoms with Crippen molar-refractivity contribution in [3.8, 4) is 0 Å². The van der Waals surface area contributed by atoms with Crippen molar-refractivity contribution in [1.29, 1.82) is 0 Å². The third kappa shape index (κ3) is 2.79. The SMILES string of the molecule is Cc1cnc(Cl)nc1NCC1CCCO1. The largest absolute Gasteiger partial charge is 0.376 e. The van der Waals surface area contributed by atoms with Gasteiger partial charge in [-0.15, -0.1) is 0 Å². The summed E-state index contributed by atoms with van der Waals surface area (Å²) < 4.78 is 5.51. The molecule has 0 saturated carbocycles. The lowest BCUT2D eigenvalue weighted by Gasteiger charge is -2.12. The van der Waals surface area contributed by atoms with Crippen molar-refractivity contribution in [2.45, 2.75) is 25.9 Å². The quantitative estimate of drug-likeness (QED) is 0.803. The highest BCUT2D eigenvalue weighted by molar-refractivity contribution is 6.28. The molecule has 1 aromatic heterocycles. The van der Waals surface area contributed by atoms with E-state index >= 15 is 0 Å². The summed E-state index contributed by atoms with van der Waals surface area (Å²) in [6.07, 6.45) is 4.28. The van der Waals surface area contributed by atoms with Crippen LogP contribution in [0, 0.1) is 6.92 Å². The predicted molar refractivity (Wildman–Crippen MR) is 59.2 cm³/mol. The lowest BCUT2D eigenvalue weighted by atomic mass is 10.2. The van der Waals surface area contributed by atoms with Crippen LogP contribution in [0.25, 0.3) is 0 Å². The normalized spacial score (nSPS) is 20.5. The number of aryl methyl sites for hydroxylation is 1. The highest BCUT2D eigenvalue weighted by atomic mass is 35.5. The van der Waals surface area contributed by atoms with Gasteiger partial charge in [-0.25, -0.2) is 9.97 Å². The molecule has 0 radical (unpaired) electrons. The van der Waals surface area contributed by atoms with Gasteiger partial charge in [0, 0.05) is 24.9 Å². The van der Waals surface area contributed by atoms with Gasteiger partial charge in [0.25, 0.3) is 0 Å². The summed E-state index contributed by atoms with van der Waals surface area (Å²) in [5, 5.41) is 3.51. The molecule has 0 aromatic carbocycles. The molecule has 2 rings (SSSR count). The number of rotatable bonds is 3. The van der Waals surface area contributed by atoms with Gasteiger partial charge in [-0.05, 0) is 31.4 Å². The van der Waals surface area contributed by atoms with Gasteiger partial charge in [0.15, 0.2) is 0 Å². The fraction of sp³-hybridized carbons (Fsp3) is 0.600. The average molecular weight is 228 g/mol. The van der Waals surface area contributed by atoms with Crippen molar-refractivity contribution >= 4 is 17.4 Å². The van der Waals surface area contributed by atoms with Crippen molar-refractivity contribution in [2.24, 2.45) is 0 Å². The minimum Gasteiger partial charge on any atom is -0.376 e. The Labute approximate surface area is 94.0 Å². The standard InChI is InChI=1S/C10H14ClN3O/c1-7-5-13-10(11)14-9(7)12-6-8-3-2-4-15-8/h5,8H,2-4,6H2,1H3,(H,12,13,14). The lowest BCUT2D eigenvalue weighted by Crippen LogP contribution is -2.19. The van der Waals surface area contributed by atoms with E-state index in [9.17, 15) is 0 Å². The van der Waals surface area contributed by atoms with Crippen LogP contribution in [0.1, 0.15) is 18.4 Å². The smallest absolute Gasteiger partial charge is 0.224 e. The average Bonchev–Trinajstić information content (AvgIpc) is 2.72. The van der Waals surface area contributed by atoms with E-state index < -0.39 is 0 Å². The van der Waals surface area contributed by atoms with Crippen molar-refractivity contribution in [3.63, 3.8) is 0 Å². The second-order valence-corrected chi connectivity index (χ2v) is 4.02. The van der Waals surface area contributed by atoms with E-state index in [1.807, 2.05) is 6.92 Å². The summed E-state index contributed by atoms with van der Waals surface area (Å²) in [4.78, 5) is 8.02. The first-order valence-electron chi connectivity index (χ1n) is 5.10. The van der Waals surface area contributed by atoms with E-state index in [0.717, 1.165) is 37.4 Å². The number of hydrogen-bond donors (Lipinski definition) is 1. The Bertz CT molecular complexity index is 339. The number of hydrogen-bond acceptors (Lipinski definition) is 4. The number of ether oxygens (including phenoxy) is 1. The summed E-state index contributed by atoms with van der Waals surface area (Å²) in [6, 6.07) is 0. The highest BCUT2D eigenvalue weighted by Gasteiger charge is 2.15. The van der Waals surface area contributed by atoms with Gasteiger partial charge in [0.05, 0.1) is 6.10 Å². The summed E-state index contributed by atoms with van der Waals surface area (Å²) in [5.74, 6) is 0.797. The Balaban J connectivity index is 1.94. The van der Waals surface area contributed by atoms with E-state index in [4.69, 9.17) is 16.3 Å². The molecule has 1 fully saturated rings. The minimum absolute atomic E-state index is 0.274. The molecule has 0 bridgehead atoms. The Morgan fingerprint density at radius 2 is 2.53 bits per heavy atom. The molecule has 0 spiro atoms. The second-order valence-electron chi connectivity index (χ2n) is 3.69. The Hall–Kier alpha value is -0.870. The van der Waals surface area contributed by atoms with Gasteiger partial charge in [-0.1, -0.05) is 0 Å². The first-order valence-corrected chi connectivity index (χ1v) is 5.48. The molecule has 1 N–H and O–H groups in total. The molecular formula is C10H14ClN3O. The summed E-state index contributed by atoms with van der Waals surface area (Å²) in [7, 11) is 0. The summed E-state index contributed by atoms with van der Waals surface area (Å²) >= 11 is 5.72. The van der Waals surface area contributed by atoms with E-state index in [0.29, 0.717) is 6.10 Å². The molecule has 5 heteroatoms. The van der Waals surface area contributed by atoms with Crippen molar-refractivity contribution in [2.75, 3.05) is 18.5 Å². The number of anilines is 1. The molecule has 82 valence electrons. The number of halogens is 1. The fourth-order valence-corrected chi connectivity index (χ4v) is 1.75. The molecule has 1 atom stereocenters. The van der Waals surface area contributed by atoms with E-state index in [2.05, 4.69) is 15.3 Å². The molecule has 1 aliphatic rings. The Morgan fingerprint density at radius 3 is 3.27 bits per heavy atom. The molecule has 1 aromatic rings. The first-order chi connectivity index (χ1) is 7.25. The molecule has 2 heterocycles. The molecule has 1 unspecified atom stereocenters. The zero-order valence-electron chi connectivity index (χ0n) is 8.66. The van der Waals surface area contributed by atoms with Gasteiger partial charge in [0.2, 0.25) is 5.28 Å². The van der Waals surface area contributed by atoms with Crippen LogP contribution in [0.5, 0.6) is 0 Å². The molecule has 4 nitrogen and oxygen atoms in total. The monoisotopic (exact) mass is 227 g/mol. The second kappa shape index (κ2) is 4.77. The molecule has 0 amide bonds. The van der Waals surface area contributed by atoms with Crippen LogP contribution in [0.3, 0.4) is 0 Å². The first kappa shape index (κ1) is 10.6. The maximum Gasteiger partial charge on any atom is 0.224 e. The molecular weight excluding hydrogens is 214 g/mol. The third-order valence-corrected chi connectivity index (χ3v) is 2.65. The van der Waals surface area contributed by atoms with Crippen molar-refractivity contribution in [3.05, 3.63) is 17.0 Å². The minimum atomic E-state index is 0.274. The Kier molecular flexibility index (Phi) is 3.38. The van der Waals surface area contributed by atoms with E-state index in [-0.39, 0.29) is 5.28 Å². The van der Waals surface area contributed by atoms with E-state index in [1.165, 1.54) is 0 Å². The van der Waals surface area contributed by atoms with Crippen LogP contribution in [-0.4, -0.2) is 29.2 Å². The van der Waals surface area contributed by atoms with E-state index in [1.54, 1.807) is 6.20 Å². The molecule has 0 aliphatic carbocycles. The molecule has 1 saturated heterocycles. The van der Waals surface area contributed by atoms with Gasteiger partial charge in [-0.3, -0.25) is 0 Å². The maximum atomic E-state index is 5.72. The van der Waals surface area contributed by atoms with Gasteiger partial charge in [-0.2, -0.15) is 0 Å². The topological polar surface area (TPSA) is 47.0 Å². The Morgan fingerprint density at radius 1 is 1.67 bits per heavy atom. The maximum absolute atomic E-state index is 5.72. The van der Waals surface area contributed by atoms with Crippen LogP contribution in [0.15, 0.2) is 6.20 Å². The highest BCUT2D eigenvalue weighted by Crippen LogP contribution is 2.15. The van der Waals surface area contributed by atoms with Gasteiger partial charge >= 0.3 is 0 Å². The fourth-order valence-electron chi connectivity index (χ4n) is 1.62. The number of nitrogens with zero attached hydrogens (tertiary/aromatic N) is 2. The third-order valence-electron chi connectivity index (χ3n) is 2.46. The van der Waals surface area contributed by atoms with Crippen LogP contribution < -0.4 is 5.32 Å². The van der Waals surface area contributed by atoms with Crippen molar-refractivity contribution < 1.29 is 4.74 Å².